The number of carboxylic acids is 1. The highest BCUT2D eigenvalue weighted by Gasteiger charge is 2.31. The number of nitrogens with one attached hydrogen (secondary N) is 1. The van der Waals surface area contributed by atoms with Crippen molar-refractivity contribution < 1.29 is 23.1 Å². The smallest absolute Gasteiger partial charge is 0.328 e. The lowest BCUT2D eigenvalue weighted by Crippen LogP contribution is -2.50. The Hall–Kier alpha value is -2.16. The fourth-order valence-electron chi connectivity index (χ4n) is 1.74. The van der Waals surface area contributed by atoms with Crippen molar-refractivity contribution in [2.75, 3.05) is 12.3 Å². The Bertz CT molecular complexity index is 688. The number of nitrogens with zero attached hydrogens (tertiary/aromatic N) is 2. The number of hydrogen-bond acceptors (Lipinski definition) is 5. The van der Waals surface area contributed by atoms with Crippen LogP contribution in [0, 0.1) is 0 Å². The van der Waals surface area contributed by atoms with E-state index < -0.39 is 27.4 Å². The van der Waals surface area contributed by atoms with Gasteiger partial charge in [0.2, 0.25) is 0 Å². The Morgan fingerprint density at radius 1 is 1.38 bits per heavy atom. The van der Waals surface area contributed by atoms with Crippen LogP contribution >= 0.6 is 0 Å². The fourth-order valence-corrected chi connectivity index (χ4v) is 2.71. The van der Waals surface area contributed by atoms with Gasteiger partial charge in [0.05, 0.1) is 11.3 Å². The molecule has 0 atom stereocenters. The van der Waals surface area contributed by atoms with E-state index in [1.54, 1.807) is 4.90 Å². The Morgan fingerprint density at radius 3 is 2.67 bits per heavy atom. The predicted octanol–water partition coefficient (Wildman–Crippen LogP) is -0.537. The van der Waals surface area contributed by atoms with Crippen molar-refractivity contribution in [3.05, 3.63) is 23.9 Å². The molecule has 1 amide bonds. The molecule has 2 rings (SSSR count). The molecule has 8 nitrogen and oxygen atoms in total. The van der Waals surface area contributed by atoms with Crippen LogP contribution < -0.4 is 5.32 Å². The second-order valence-electron chi connectivity index (χ2n) is 5.23. The number of amides is 1. The topological polar surface area (TPSA) is 116 Å². The Morgan fingerprint density at radius 2 is 2.05 bits per heavy atom. The van der Waals surface area contributed by atoms with E-state index in [0.29, 0.717) is 0 Å². The third-order valence-electron chi connectivity index (χ3n) is 3.05. The minimum absolute atomic E-state index is 0.129. The second kappa shape index (κ2) is 4.99. The summed E-state index contributed by atoms with van der Waals surface area (Å²) in [5.41, 5.74) is -1.16. The number of aliphatic carboxylic acids is 1. The summed E-state index contributed by atoms with van der Waals surface area (Å²) in [7, 11) is -3.44. The molecule has 21 heavy (non-hydrogen) atoms. The molecule has 2 aliphatic rings. The summed E-state index contributed by atoms with van der Waals surface area (Å²) in [4.78, 5) is 24.6. The summed E-state index contributed by atoms with van der Waals surface area (Å²) in [5, 5.41) is 11.4. The van der Waals surface area contributed by atoms with E-state index in [9.17, 15) is 18.0 Å². The molecule has 0 saturated carbocycles. The maximum absolute atomic E-state index is 12.0. The first-order valence-corrected chi connectivity index (χ1v) is 7.77. The minimum Gasteiger partial charge on any atom is -0.480 e. The van der Waals surface area contributed by atoms with Gasteiger partial charge in [-0.3, -0.25) is 4.79 Å². The van der Waals surface area contributed by atoms with Crippen LogP contribution in [0.25, 0.3) is 0 Å². The van der Waals surface area contributed by atoms with E-state index >= 15 is 0 Å². The summed E-state index contributed by atoms with van der Waals surface area (Å²) in [6, 6.07) is 0. The van der Waals surface area contributed by atoms with Gasteiger partial charge in [-0.15, -0.1) is 4.40 Å². The molecule has 0 radical (unpaired) electrons. The third-order valence-corrected chi connectivity index (χ3v) is 4.21. The zero-order chi connectivity index (χ0) is 15.8. The lowest BCUT2D eigenvalue weighted by atomic mass is 10.0. The molecule has 2 N–H and O–H groups in total. The lowest BCUT2D eigenvalue weighted by molar-refractivity contribution is -0.145. The van der Waals surface area contributed by atoms with Crippen molar-refractivity contribution in [1.82, 2.24) is 10.2 Å². The van der Waals surface area contributed by atoms with Gasteiger partial charge in [-0.25, -0.2) is 13.2 Å². The molecule has 114 valence electrons. The van der Waals surface area contributed by atoms with E-state index in [-0.39, 0.29) is 23.7 Å². The molecule has 0 bridgehead atoms. The van der Waals surface area contributed by atoms with E-state index in [1.807, 2.05) is 0 Å². The van der Waals surface area contributed by atoms with Crippen molar-refractivity contribution in [3.63, 3.8) is 0 Å². The molecule has 0 unspecified atom stereocenters. The van der Waals surface area contributed by atoms with Crippen molar-refractivity contribution in [3.8, 4) is 0 Å². The van der Waals surface area contributed by atoms with E-state index in [2.05, 4.69) is 9.71 Å². The molecule has 0 spiro atoms. The average Bonchev–Trinajstić information content (AvgIpc) is 2.36. The average molecular weight is 313 g/mol. The zero-order valence-electron chi connectivity index (χ0n) is 11.5. The van der Waals surface area contributed by atoms with Gasteiger partial charge in [0.1, 0.15) is 11.4 Å². The SMILES string of the molecule is CC(C)(NC(=O)C1=CN2CCS(=O)(=O)N=C2C=C1)C(=O)O. The molecular weight excluding hydrogens is 298 g/mol. The molecule has 0 fully saturated rings. The van der Waals surface area contributed by atoms with Crippen LogP contribution in [-0.2, 0) is 19.6 Å². The third kappa shape index (κ3) is 3.30. The van der Waals surface area contributed by atoms with Crippen LogP contribution in [0.1, 0.15) is 13.8 Å². The number of rotatable bonds is 3. The highest BCUT2D eigenvalue weighted by molar-refractivity contribution is 7.90. The molecule has 2 heterocycles. The molecule has 0 aromatic carbocycles. The second-order valence-corrected chi connectivity index (χ2v) is 6.99. The summed E-state index contributed by atoms with van der Waals surface area (Å²) < 4.78 is 26.3. The number of carbonyl (C=O) groups excluding carboxylic acids is 1. The molecule has 2 aliphatic heterocycles. The maximum Gasteiger partial charge on any atom is 0.328 e. The van der Waals surface area contributed by atoms with Crippen molar-refractivity contribution in [2.45, 2.75) is 19.4 Å². The number of carboxylic acid groups (broad SMARTS) is 1. The number of carbonyl (C=O) groups is 2. The van der Waals surface area contributed by atoms with E-state index in [4.69, 9.17) is 5.11 Å². The van der Waals surface area contributed by atoms with Crippen molar-refractivity contribution >= 4 is 27.7 Å². The van der Waals surface area contributed by atoms with Gasteiger partial charge < -0.3 is 15.3 Å². The Kier molecular flexibility index (Phi) is 3.62. The van der Waals surface area contributed by atoms with E-state index in [1.165, 1.54) is 32.2 Å². The first-order chi connectivity index (χ1) is 9.61. The Labute approximate surface area is 121 Å². The van der Waals surface area contributed by atoms with Gasteiger partial charge in [0.15, 0.2) is 0 Å². The number of sulfonamides is 1. The first-order valence-electron chi connectivity index (χ1n) is 6.16. The van der Waals surface area contributed by atoms with Gasteiger partial charge in [-0.05, 0) is 26.0 Å². The van der Waals surface area contributed by atoms with Gasteiger partial charge in [-0.2, -0.15) is 0 Å². The normalized spacial score (nSPS) is 20.2. The molecule has 0 saturated heterocycles. The van der Waals surface area contributed by atoms with E-state index in [0.717, 1.165) is 0 Å². The van der Waals surface area contributed by atoms with Crippen molar-refractivity contribution in [1.29, 1.82) is 0 Å². The fraction of sp³-hybridized carbons (Fsp3) is 0.417. The number of amidine groups is 1. The van der Waals surface area contributed by atoms with Crippen molar-refractivity contribution in [2.24, 2.45) is 4.40 Å². The van der Waals surface area contributed by atoms with Crippen LogP contribution in [-0.4, -0.2) is 54.0 Å². The Balaban J connectivity index is 2.18. The number of fused-ring (bicyclic) bond motifs is 1. The monoisotopic (exact) mass is 313 g/mol. The van der Waals surface area contributed by atoms with Crippen LogP contribution in [0.2, 0.25) is 0 Å². The van der Waals surface area contributed by atoms with Crippen LogP contribution in [0.4, 0.5) is 0 Å². The largest absolute Gasteiger partial charge is 0.480 e. The maximum atomic E-state index is 12.0. The van der Waals surface area contributed by atoms with Gasteiger partial charge >= 0.3 is 5.97 Å². The standard InChI is InChI=1S/C12H15N3O5S/c1-12(2,11(17)18)13-10(16)8-3-4-9-14-21(19,20)6-5-15(9)7-8/h3-4,7H,5-6H2,1-2H3,(H,13,16)(H,17,18). The molecule has 0 aliphatic carbocycles. The quantitative estimate of drug-likeness (QED) is 0.723. The highest BCUT2D eigenvalue weighted by Crippen LogP contribution is 2.16. The number of hydrogen-bond donors (Lipinski definition) is 2. The summed E-state index contributed by atoms with van der Waals surface area (Å²) >= 11 is 0. The highest BCUT2D eigenvalue weighted by atomic mass is 32.2. The zero-order valence-corrected chi connectivity index (χ0v) is 12.3. The molecule has 9 heteroatoms. The predicted molar refractivity (Wildman–Crippen MR) is 75.0 cm³/mol. The van der Waals surface area contributed by atoms with Crippen LogP contribution in [0.5, 0.6) is 0 Å². The summed E-state index contributed by atoms with van der Waals surface area (Å²) in [5.74, 6) is -1.58. The summed E-state index contributed by atoms with van der Waals surface area (Å²) in [6.07, 6.45) is 4.28. The minimum atomic E-state index is -3.44. The lowest BCUT2D eigenvalue weighted by Gasteiger charge is -2.28. The first kappa shape index (κ1) is 15.2. The van der Waals surface area contributed by atoms with Gasteiger partial charge in [-0.1, -0.05) is 0 Å². The van der Waals surface area contributed by atoms with Gasteiger partial charge in [0.25, 0.3) is 15.9 Å². The molecular formula is C12H15N3O5S. The van der Waals surface area contributed by atoms with Crippen LogP contribution in [0.15, 0.2) is 28.3 Å². The van der Waals surface area contributed by atoms with Crippen LogP contribution in [0.3, 0.4) is 0 Å². The van der Waals surface area contributed by atoms with Gasteiger partial charge in [0, 0.05) is 12.7 Å². The summed E-state index contributed by atoms with van der Waals surface area (Å²) in [6.45, 7) is 2.95. The molecule has 0 aromatic heterocycles. The molecule has 0 aromatic rings.